The van der Waals surface area contributed by atoms with Crippen LogP contribution in [0.2, 0.25) is 0 Å². The van der Waals surface area contributed by atoms with E-state index in [2.05, 4.69) is 10.3 Å². The van der Waals surface area contributed by atoms with Gasteiger partial charge in [-0.05, 0) is 37.8 Å². The van der Waals surface area contributed by atoms with Gasteiger partial charge in [0.2, 0.25) is 0 Å². The van der Waals surface area contributed by atoms with Crippen molar-refractivity contribution < 1.29 is 4.79 Å². The van der Waals surface area contributed by atoms with E-state index in [1.54, 1.807) is 12.5 Å². The van der Waals surface area contributed by atoms with Gasteiger partial charge < -0.3 is 14.8 Å². The van der Waals surface area contributed by atoms with E-state index in [0.717, 1.165) is 50.9 Å². The summed E-state index contributed by atoms with van der Waals surface area (Å²) in [5.41, 5.74) is 0.572. The Balaban J connectivity index is 0.00000133. The van der Waals surface area contributed by atoms with E-state index < -0.39 is 0 Å². The quantitative estimate of drug-likeness (QED) is 0.834. The summed E-state index contributed by atoms with van der Waals surface area (Å²) in [5, 5.41) is 3.45. The van der Waals surface area contributed by atoms with Crippen LogP contribution in [0.25, 0.3) is 0 Å². The third-order valence-electron chi connectivity index (χ3n) is 4.23. The maximum atomic E-state index is 12.3. The van der Waals surface area contributed by atoms with Crippen LogP contribution in [-0.2, 0) is 7.05 Å². The Morgan fingerprint density at radius 3 is 2.47 bits per heavy atom. The highest BCUT2D eigenvalue weighted by Gasteiger charge is 2.31. The molecule has 1 aromatic rings. The van der Waals surface area contributed by atoms with Gasteiger partial charge in [0.1, 0.15) is 5.69 Å². The number of imidazole rings is 1. The zero-order valence-corrected chi connectivity index (χ0v) is 12.0. The molecule has 2 atom stereocenters. The first-order valence-electron chi connectivity index (χ1n) is 6.72. The van der Waals surface area contributed by atoms with Crippen LogP contribution in [0.1, 0.15) is 23.3 Å². The van der Waals surface area contributed by atoms with Gasteiger partial charge in [-0.25, -0.2) is 4.98 Å². The molecule has 0 radical (unpaired) electrons. The number of nitrogens with one attached hydrogen (secondary N) is 1. The van der Waals surface area contributed by atoms with Gasteiger partial charge in [0.25, 0.3) is 5.91 Å². The number of nitrogens with zero attached hydrogens (tertiary/aromatic N) is 3. The molecular formula is C13H21ClN4O. The van der Waals surface area contributed by atoms with Gasteiger partial charge in [-0.3, -0.25) is 4.79 Å². The summed E-state index contributed by atoms with van der Waals surface area (Å²) in [4.78, 5) is 18.4. The van der Waals surface area contributed by atoms with Crippen LogP contribution in [0.4, 0.5) is 0 Å². The minimum Gasteiger partial charge on any atom is -0.340 e. The maximum Gasteiger partial charge on any atom is 0.274 e. The number of hydrogen-bond acceptors (Lipinski definition) is 3. The van der Waals surface area contributed by atoms with E-state index in [1.807, 2.05) is 16.5 Å². The van der Waals surface area contributed by atoms with E-state index in [-0.39, 0.29) is 18.3 Å². The van der Waals surface area contributed by atoms with Crippen molar-refractivity contribution in [3.63, 3.8) is 0 Å². The normalized spacial score (nSPS) is 26.5. The standard InChI is InChI=1S/C13H20N4O.ClH/c1-16-8-12(15-9-16)13(18)17-4-2-10-6-14-7-11(10)3-5-17;/h8-11,14H,2-7H2,1H3;1H/t10-,11+;. The van der Waals surface area contributed by atoms with E-state index in [9.17, 15) is 4.79 Å². The Bertz CT molecular complexity index is 434. The zero-order valence-electron chi connectivity index (χ0n) is 11.2. The lowest BCUT2D eigenvalue weighted by Crippen LogP contribution is -2.33. The third-order valence-corrected chi connectivity index (χ3v) is 4.23. The number of aryl methyl sites for hydroxylation is 1. The molecule has 2 aliphatic heterocycles. The molecule has 0 saturated carbocycles. The third kappa shape index (κ3) is 2.92. The van der Waals surface area contributed by atoms with Gasteiger partial charge >= 0.3 is 0 Å². The van der Waals surface area contributed by atoms with Crippen molar-refractivity contribution in [2.75, 3.05) is 26.2 Å². The van der Waals surface area contributed by atoms with Crippen molar-refractivity contribution >= 4 is 18.3 Å². The average Bonchev–Trinajstić information content (AvgIpc) is 2.94. The number of fused-ring (bicyclic) bond motifs is 1. The van der Waals surface area contributed by atoms with E-state index >= 15 is 0 Å². The van der Waals surface area contributed by atoms with Gasteiger partial charge in [-0.2, -0.15) is 0 Å². The largest absolute Gasteiger partial charge is 0.340 e. The molecule has 3 rings (SSSR count). The van der Waals surface area contributed by atoms with Crippen LogP contribution < -0.4 is 5.32 Å². The van der Waals surface area contributed by atoms with Crippen molar-refractivity contribution in [1.82, 2.24) is 19.8 Å². The fourth-order valence-corrected chi connectivity index (χ4v) is 3.11. The van der Waals surface area contributed by atoms with Gasteiger partial charge in [0.15, 0.2) is 0 Å². The Hall–Kier alpha value is -1.07. The van der Waals surface area contributed by atoms with Crippen LogP contribution in [0.5, 0.6) is 0 Å². The van der Waals surface area contributed by atoms with Crippen molar-refractivity contribution in [2.24, 2.45) is 18.9 Å². The van der Waals surface area contributed by atoms with Crippen LogP contribution in [0.15, 0.2) is 12.5 Å². The van der Waals surface area contributed by atoms with Crippen molar-refractivity contribution in [3.05, 3.63) is 18.2 Å². The maximum absolute atomic E-state index is 12.3. The number of likely N-dealkylation sites (tertiary alicyclic amines) is 1. The second-order valence-electron chi connectivity index (χ2n) is 5.47. The van der Waals surface area contributed by atoms with Gasteiger partial charge in [-0.15, -0.1) is 12.4 Å². The molecule has 1 N–H and O–H groups in total. The summed E-state index contributed by atoms with van der Waals surface area (Å²) in [5.74, 6) is 1.60. The average molecular weight is 285 g/mol. The van der Waals surface area contributed by atoms with Crippen LogP contribution in [0.3, 0.4) is 0 Å². The summed E-state index contributed by atoms with van der Waals surface area (Å²) >= 11 is 0. The number of carbonyl (C=O) groups excluding carboxylic acids is 1. The van der Waals surface area contributed by atoms with E-state index in [4.69, 9.17) is 0 Å². The Morgan fingerprint density at radius 2 is 1.95 bits per heavy atom. The summed E-state index contributed by atoms with van der Waals surface area (Å²) < 4.78 is 1.82. The highest BCUT2D eigenvalue weighted by atomic mass is 35.5. The van der Waals surface area contributed by atoms with Gasteiger partial charge in [0.05, 0.1) is 6.33 Å². The summed E-state index contributed by atoms with van der Waals surface area (Å²) in [6.45, 7) is 3.99. The first-order valence-corrected chi connectivity index (χ1v) is 6.72. The Labute approximate surface area is 119 Å². The molecule has 1 amide bonds. The van der Waals surface area contributed by atoms with E-state index in [0.29, 0.717) is 5.69 Å². The van der Waals surface area contributed by atoms with Crippen molar-refractivity contribution in [3.8, 4) is 0 Å². The number of carbonyl (C=O) groups is 1. The number of aromatic nitrogens is 2. The minimum atomic E-state index is 0. The molecule has 3 heterocycles. The smallest absolute Gasteiger partial charge is 0.274 e. The minimum absolute atomic E-state index is 0. The molecule has 0 aromatic carbocycles. The summed E-state index contributed by atoms with van der Waals surface area (Å²) in [6, 6.07) is 0. The number of halogens is 1. The predicted octanol–water partition coefficient (Wildman–Crippen LogP) is 0.913. The zero-order chi connectivity index (χ0) is 12.5. The monoisotopic (exact) mass is 284 g/mol. The van der Waals surface area contributed by atoms with Crippen LogP contribution >= 0.6 is 12.4 Å². The summed E-state index contributed by atoms with van der Waals surface area (Å²) in [7, 11) is 1.89. The SMILES string of the molecule is Cl.Cn1cnc(C(=O)N2CC[C@@H]3CNC[C@@H]3CC2)c1. The first-order chi connectivity index (χ1) is 8.74. The molecule has 0 aliphatic carbocycles. The summed E-state index contributed by atoms with van der Waals surface area (Å²) in [6.07, 6.45) is 5.73. The number of amides is 1. The molecule has 1 aromatic heterocycles. The molecule has 0 bridgehead atoms. The second kappa shape index (κ2) is 5.92. The highest BCUT2D eigenvalue weighted by Crippen LogP contribution is 2.27. The van der Waals surface area contributed by atoms with Crippen LogP contribution in [-0.4, -0.2) is 46.5 Å². The molecule has 2 fully saturated rings. The van der Waals surface area contributed by atoms with Crippen molar-refractivity contribution in [2.45, 2.75) is 12.8 Å². The molecule has 0 unspecified atom stereocenters. The topological polar surface area (TPSA) is 50.2 Å². The van der Waals surface area contributed by atoms with E-state index in [1.165, 1.54) is 0 Å². The van der Waals surface area contributed by atoms with Gasteiger partial charge in [-0.1, -0.05) is 0 Å². The lowest BCUT2D eigenvalue weighted by molar-refractivity contribution is 0.0753. The molecule has 6 heteroatoms. The molecular weight excluding hydrogens is 264 g/mol. The highest BCUT2D eigenvalue weighted by molar-refractivity contribution is 5.92. The predicted molar refractivity (Wildman–Crippen MR) is 75.4 cm³/mol. The number of hydrogen-bond donors (Lipinski definition) is 1. The molecule has 5 nitrogen and oxygen atoms in total. The lowest BCUT2D eigenvalue weighted by Gasteiger charge is -2.19. The number of rotatable bonds is 1. The molecule has 106 valence electrons. The fraction of sp³-hybridized carbons (Fsp3) is 0.692. The fourth-order valence-electron chi connectivity index (χ4n) is 3.11. The van der Waals surface area contributed by atoms with Crippen LogP contribution in [0, 0.1) is 11.8 Å². The van der Waals surface area contributed by atoms with Gasteiger partial charge in [0, 0.05) is 26.3 Å². The second-order valence-corrected chi connectivity index (χ2v) is 5.47. The van der Waals surface area contributed by atoms with Crippen molar-refractivity contribution in [1.29, 1.82) is 0 Å². The molecule has 2 saturated heterocycles. The molecule has 19 heavy (non-hydrogen) atoms. The molecule has 2 aliphatic rings. The Kier molecular flexibility index (Phi) is 4.47. The molecule has 0 spiro atoms. The first kappa shape index (κ1) is 14.3. The lowest BCUT2D eigenvalue weighted by atomic mass is 9.92. The Morgan fingerprint density at radius 1 is 1.32 bits per heavy atom.